The number of primary amides is 1. The predicted molar refractivity (Wildman–Crippen MR) is 272 cm³/mol. The van der Waals surface area contributed by atoms with E-state index in [0.29, 0.717) is 36.8 Å². The molecule has 72 heavy (non-hydrogen) atoms. The summed E-state index contributed by atoms with van der Waals surface area (Å²) in [5, 5.41) is 26.1. The van der Waals surface area contributed by atoms with Crippen molar-refractivity contribution >= 4 is 48.5 Å². The van der Waals surface area contributed by atoms with Crippen LogP contribution in [0.1, 0.15) is 127 Å². The van der Waals surface area contributed by atoms with Gasteiger partial charge in [0.1, 0.15) is 29.9 Å². The summed E-state index contributed by atoms with van der Waals surface area (Å²) in [5.41, 5.74) is 14.8. The second-order valence-electron chi connectivity index (χ2n) is 20.4. The average molecular weight is 993 g/mol. The highest BCUT2D eigenvalue weighted by molar-refractivity contribution is 6.47. The van der Waals surface area contributed by atoms with E-state index < -0.39 is 84.7 Å². The summed E-state index contributed by atoms with van der Waals surface area (Å²) in [6.07, 6.45) is 5.51. The second-order valence-corrected chi connectivity index (χ2v) is 20.4. The largest absolute Gasteiger partial charge is 0.508 e. The number of nitrogens with two attached hydrogens (primary N) is 2. The number of amides is 7. The van der Waals surface area contributed by atoms with Crippen LogP contribution < -0.4 is 43.4 Å². The van der Waals surface area contributed by atoms with Crippen LogP contribution in [-0.2, 0) is 44.5 Å². The van der Waals surface area contributed by atoms with Crippen LogP contribution in [0.4, 0.5) is 0 Å². The van der Waals surface area contributed by atoms with Gasteiger partial charge in [-0.25, -0.2) is 0 Å². The number of hydrogen-bond donors (Lipinski definition) is 9. The molecule has 0 radical (unpaired) electrons. The minimum atomic E-state index is -1.43. The summed E-state index contributed by atoms with van der Waals surface area (Å²) >= 11 is 0. The fourth-order valence-corrected chi connectivity index (χ4v) is 10.3. The molecule has 18 nitrogen and oxygen atoms in total. The smallest absolute Gasteiger partial charge is 0.481 e. The van der Waals surface area contributed by atoms with E-state index in [1.54, 1.807) is 19.1 Å². The zero-order valence-corrected chi connectivity index (χ0v) is 42.4. The van der Waals surface area contributed by atoms with Gasteiger partial charge in [-0.2, -0.15) is 0 Å². The number of hydrogen-bond acceptors (Lipinski definition) is 11. The Labute approximate surface area is 422 Å². The van der Waals surface area contributed by atoms with Gasteiger partial charge in [0, 0.05) is 18.5 Å². The lowest BCUT2D eigenvalue weighted by molar-refractivity contribution is -0.199. The summed E-state index contributed by atoms with van der Waals surface area (Å²) in [6.45, 7) is 12.1. The molecule has 1 aliphatic heterocycles. The number of benzene rings is 3. The molecule has 7 amide bonds. The fourth-order valence-electron chi connectivity index (χ4n) is 10.3. The van der Waals surface area contributed by atoms with Crippen LogP contribution >= 0.6 is 0 Å². The number of aromatic hydroxyl groups is 1. The van der Waals surface area contributed by atoms with Gasteiger partial charge in [0.05, 0.1) is 24.1 Å². The molecule has 0 aromatic heterocycles. The summed E-state index contributed by atoms with van der Waals surface area (Å²) in [6, 6.07) is 15.7. The van der Waals surface area contributed by atoms with Crippen molar-refractivity contribution in [2.75, 3.05) is 13.1 Å². The predicted octanol–water partition coefficient (Wildman–Crippen LogP) is 3.63. The normalized spacial score (nSPS) is 21.5. The summed E-state index contributed by atoms with van der Waals surface area (Å²) in [4.78, 5) is 93.8. The Balaban J connectivity index is 1.04. The number of phenols is 1. The van der Waals surface area contributed by atoms with E-state index in [4.69, 9.17) is 20.8 Å². The van der Waals surface area contributed by atoms with E-state index >= 15 is 0 Å². The molecule has 3 aromatic rings. The monoisotopic (exact) mass is 993 g/mol. The molecule has 0 spiro atoms. The van der Waals surface area contributed by atoms with Crippen molar-refractivity contribution in [3.63, 3.8) is 0 Å². The van der Waals surface area contributed by atoms with E-state index in [2.05, 4.69) is 83.9 Å². The Bertz CT molecular complexity index is 2400. The average Bonchev–Trinajstić information content (AvgIpc) is 3.72. The molecule has 2 bridgehead atoms. The number of nitrogens with one attached hydrogen (secondary N) is 6. The molecule has 2 unspecified atom stereocenters. The first-order valence-corrected chi connectivity index (χ1v) is 25.3. The number of aryl methyl sites for hydroxylation is 1. The first-order chi connectivity index (χ1) is 34.2. The van der Waals surface area contributed by atoms with Crippen LogP contribution in [0.5, 0.6) is 5.75 Å². The van der Waals surface area contributed by atoms with Crippen molar-refractivity contribution in [2.24, 2.45) is 28.7 Å². The number of carbonyl (C=O) groups is 7. The zero-order valence-electron chi connectivity index (χ0n) is 42.4. The highest BCUT2D eigenvalue weighted by atomic mass is 16.7. The second kappa shape index (κ2) is 24.4. The molecule has 3 aromatic carbocycles. The Hall–Kier alpha value is -6.31. The number of unbranched alkanes of at least 4 members (excludes halogenated alkanes) is 2. The first-order valence-electron chi connectivity index (χ1n) is 25.3. The highest BCUT2D eigenvalue weighted by Crippen LogP contribution is 2.65. The van der Waals surface area contributed by atoms with E-state index in [9.17, 15) is 38.7 Å². The van der Waals surface area contributed by atoms with Crippen molar-refractivity contribution in [1.29, 1.82) is 0 Å². The molecule has 4 fully saturated rings. The Morgan fingerprint density at radius 2 is 1.42 bits per heavy atom. The minimum absolute atomic E-state index is 0.0230. The van der Waals surface area contributed by atoms with Crippen LogP contribution in [0.2, 0.25) is 0 Å². The van der Waals surface area contributed by atoms with Gasteiger partial charge >= 0.3 is 7.12 Å². The van der Waals surface area contributed by atoms with Crippen LogP contribution in [-0.4, -0.2) is 102 Å². The number of rotatable bonds is 25. The molecule has 388 valence electrons. The van der Waals surface area contributed by atoms with Crippen LogP contribution in [0.25, 0.3) is 11.1 Å². The lowest BCUT2D eigenvalue weighted by atomic mass is 9.43. The van der Waals surface area contributed by atoms with Gasteiger partial charge in [-0.3, -0.25) is 33.6 Å². The van der Waals surface area contributed by atoms with Crippen LogP contribution in [0, 0.1) is 17.3 Å². The number of carbonyl (C=O) groups excluding carboxylic acids is 7. The molecular weight excluding hydrogens is 919 g/mol. The molecule has 4 aliphatic rings. The molecule has 19 heteroatoms. The third-order valence-corrected chi connectivity index (χ3v) is 14.8. The molecule has 3 aliphatic carbocycles. The number of phenolic OH excluding ortho intramolecular Hbond substituents is 1. The SMILES string of the molecule is CCCCc1ccc(-c2ccc(C(=O)NCCC(=O)N[C@@H](CCCCN)C(=O)NC(C(=O)N[C@@H](C)C(=O)N[C@@H](CC(N)=O)C(=O)N[C@@H](C)B3OC4C[C@@H]5C[C@@H](C5(C)C)[C@]4(C)O3)c3ccc(O)cc3)cc2)cc1. The van der Waals surface area contributed by atoms with Crippen molar-refractivity contribution in [1.82, 2.24) is 31.9 Å². The quantitative estimate of drug-likeness (QED) is 0.0437. The minimum Gasteiger partial charge on any atom is -0.508 e. The van der Waals surface area contributed by atoms with Gasteiger partial charge in [-0.15, -0.1) is 0 Å². The van der Waals surface area contributed by atoms with Gasteiger partial charge in [0.25, 0.3) is 5.91 Å². The molecule has 1 saturated heterocycles. The van der Waals surface area contributed by atoms with Crippen molar-refractivity contribution in [3.05, 3.63) is 89.5 Å². The van der Waals surface area contributed by atoms with Crippen LogP contribution in [0.15, 0.2) is 72.8 Å². The van der Waals surface area contributed by atoms with Gasteiger partial charge in [-0.05, 0) is 136 Å². The van der Waals surface area contributed by atoms with Gasteiger partial charge in [-0.1, -0.05) is 75.7 Å². The Morgan fingerprint density at radius 1 is 0.764 bits per heavy atom. The van der Waals surface area contributed by atoms with Gasteiger partial charge in [0.2, 0.25) is 35.4 Å². The Morgan fingerprint density at radius 3 is 2.04 bits per heavy atom. The van der Waals surface area contributed by atoms with E-state index in [0.717, 1.165) is 43.2 Å². The molecule has 7 rings (SSSR count). The summed E-state index contributed by atoms with van der Waals surface area (Å²) in [5.74, 6) is -4.82. The lowest BCUT2D eigenvalue weighted by Crippen LogP contribution is -2.65. The molecule has 9 atom stereocenters. The maximum atomic E-state index is 14.0. The van der Waals surface area contributed by atoms with E-state index in [1.165, 1.54) is 36.8 Å². The topological polar surface area (TPSA) is 282 Å². The van der Waals surface area contributed by atoms with E-state index in [1.807, 2.05) is 12.1 Å². The standard InChI is InChI=1S/C53H73BN8O10/c1-7-8-11-33-13-15-34(16-14-33)35-17-19-37(20-18-35)48(67)57-27-25-45(65)60-40(12-9-10-26-55)49(68)62-46(36-21-23-39(63)24-22-36)51(70)58-31(2)47(66)61-41(30-44(56)64)50(69)59-32(3)54-71-43-29-38-28-42(52(38,4)5)53(43,6)72-54/h13-24,31-32,38,40-43,46,63H,7-12,25-30,55H2,1-6H3,(H2,56,64)(H,57,67)(H,58,70)(H,59,69)(H,60,65)(H,61,66)(H,62,68)/t31-,32-,38-,40-,41-,42-,43?,46?,53-/m0/s1. The fraction of sp³-hybridized carbons (Fsp3) is 0.528. The molecule has 3 saturated carbocycles. The first kappa shape index (κ1) is 55.0. The Kier molecular flexibility index (Phi) is 18.7. The highest BCUT2D eigenvalue weighted by Gasteiger charge is 2.68. The molecule has 1 heterocycles. The molecule has 11 N–H and O–H groups in total. The third kappa shape index (κ3) is 13.6. The van der Waals surface area contributed by atoms with Crippen molar-refractivity contribution in [3.8, 4) is 16.9 Å². The van der Waals surface area contributed by atoms with Crippen molar-refractivity contribution in [2.45, 2.75) is 148 Å². The molecular formula is C53H73BN8O10. The summed E-state index contributed by atoms with van der Waals surface area (Å²) in [7, 11) is -0.769. The van der Waals surface area contributed by atoms with Gasteiger partial charge in [0.15, 0.2) is 0 Å². The van der Waals surface area contributed by atoms with Gasteiger partial charge < -0.3 is 57.8 Å². The lowest BCUT2D eigenvalue weighted by Gasteiger charge is -2.64. The zero-order chi connectivity index (χ0) is 52.3. The van der Waals surface area contributed by atoms with Crippen LogP contribution in [0.3, 0.4) is 0 Å². The summed E-state index contributed by atoms with van der Waals surface area (Å²) < 4.78 is 12.8. The van der Waals surface area contributed by atoms with E-state index in [-0.39, 0.29) is 48.1 Å². The maximum absolute atomic E-state index is 14.0. The van der Waals surface area contributed by atoms with Crippen molar-refractivity contribution < 1.29 is 48.0 Å². The third-order valence-electron chi connectivity index (χ3n) is 14.8. The maximum Gasteiger partial charge on any atom is 0.481 e.